The Balaban J connectivity index is 1.69. The summed E-state index contributed by atoms with van der Waals surface area (Å²) in [6.45, 7) is 3.28. The normalized spacial score (nSPS) is 17.4. The van der Waals surface area contributed by atoms with E-state index in [-0.39, 0.29) is 17.6 Å². The maximum absolute atomic E-state index is 12.1. The van der Waals surface area contributed by atoms with E-state index in [2.05, 4.69) is 10.2 Å². The van der Waals surface area contributed by atoms with Crippen LogP contribution in [-0.2, 0) is 11.3 Å². The van der Waals surface area contributed by atoms with Crippen LogP contribution in [-0.4, -0.2) is 44.3 Å². The fraction of sp³-hybridized carbons (Fsp3) is 0.316. The second-order valence-corrected chi connectivity index (χ2v) is 7.28. The molecule has 1 N–H and O–H groups in total. The number of aryl methyl sites for hydroxylation is 1. The lowest BCUT2D eigenvalue weighted by molar-refractivity contribution is -0.130. The Hall–Kier alpha value is -2.60. The first-order valence-electron chi connectivity index (χ1n) is 8.51. The molecule has 3 aromatic rings. The predicted octanol–water partition coefficient (Wildman–Crippen LogP) is 3.24. The number of carbonyl (C=O) groups excluding carboxylic acids is 1. The van der Waals surface area contributed by atoms with E-state index in [9.17, 15) is 9.90 Å². The smallest absolute Gasteiger partial charge is 0.227 e. The van der Waals surface area contributed by atoms with Crippen molar-refractivity contribution >= 4 is 28.5 Å². The first-order valence-corrected chi connectivity index (χ1v) is 8.89. The number of fused-ring (bicyclic) bond motifs is 1. The Morgan fingerprint density at radius 1 is 1.31 bits per heavy atom. The van der Waals surface area contributed by atoms with Crippen LogP contribution in [0.1, 0.15) is 12.0 Å². The van der Waals surface area contributed by atoms with Crippen LogP contribution in [0.3, 0.4) is 0 Å². The first kappa shape index (κ1) is 16.8. The van der Waals surface area contributed by atoms with Crippen molar-refractivity contribution in [1.82, 2.24) is 19.7 Å². The molecule has 1 unspecified atom stereocenters. The summed E-state index contributed by atoms with van der Waals surface area (Å²) in [7, 11) is 1.84. The van der Waals surface area contributed by atoms with Gasteiger partial charge >= 0.3 is 0 Å². The van der Waals surface area contributed by atoms with Gasteiger partial charge < -0.3 is 14.6 Å². The van der Waals surface area contributed by atoms with Crippen molar-refractivity contribution in [3.05, 3.63) is 41.0 Å². The monoisotopic (exact) mass is 370 g/mol. The molecular formula is C19H19ClN4O2. The van der Waals surface area contributed by atoms with Gasteiger partial charge in [0.15, 0.2) is 5.65 Å². The standard InChI is InChI=1S/C19H19ClN4O2/c1-11-7-14(20)9-16(25)17(11)15-8-12-4-6-24(18(12)22-21-15)10-13-3-5-23(2)19(13)26/h4,6-9,13,25H,3,5,10H2,1-2H3. The average molecular weight is 371 g/mol. The topological polar surface area (TPSA) is 71.2 Å². The second kappa shape index (κ2) is 6.29. The fourth-order valence-electron chi connectivity index (χ4n) is 3.62. The van der Waals surface area contributed by atoms with E-state index < -0.39 is 0 Å². The Morgan fingerprint density at radius 2 is 2.12 bits per heavy atom. The van der Waals surface area contributed by atoms with E-state index in [0.29, 0.717) is 22.8 Å². The highest BCUT2D eigenvalue weighted by Crippen LogP contribution is 2.34. The van der Waals surface area contributed by atoms with Crippen LogP contribution in [0.15, 0.2) is 30.5 Å². The summed E-state index contributed by atoms with van der Waals surface area (Å²) in [5.74, 6) is 0.250. The minimum atomic E-state index is -0.0142. The molecular weight excluding hydrogens is 352 g/mol. The second-order valence-electron chi connectivity index (χ2n) is 6.84. The highest BCUT2D eigenvalue weighted by Gasteiger charge is 2.29. The molecule has 0 spiro atoms. The summed E-state index contributed by atoms with van der Waals surface area (Å²) >= 11 is 5.98. The van der Waals surface area contributed by atoms with Crippen molar-refractivity contribution in [3.63, 3.8) is 0 Å². The Morgan fingerprint density at radius 3 is 2.81 bits per heavy atom. The van der Waals surface area contributed by atoms with Crippen molar-refractivity contribution in [1.29, 1.82) is 0 Å². The van der Waals surface area contributed by atoms with E-state index in [0.717, 1.165) is 29.6 Å². The van der Waals surface area contributed by atoms with Crippen LogP contribution >= 0.6 is 11.6 Å². The van der Waals surface area contributed by atoms with E-state index in [1.165, 1.54) is 6.07 Å². The summed E-state index contributed by atoms with van der Waals surface area (Å²) < 4.78 is 1.97. The molecule has 1 aromatic carbocycles. The van der Waals surface area contributed by atoms with Crippen LogP contribution in [0.25, 0.3) is 22.3 Å². The molecule has 0 radical (unpaired) electrons. The number of benzene rings is 1. The van der Waals surface area contributed by atoms with Gasteiger partial charge in [0.2, 0.25) is 5.91 Å². The van der Waals surface area contributed by atoms with Crippen LogP contribution in [0.5, 0.6) is 5.75 Å². The number of amides is 1. The van der Waals surface area contributed by atoms with Crippen LogP contribution < -0.4 is 0 Å². The number of phenols is 1. The highest BCUT2D eigenvalue weighted by molar-refractivity contribution is 6.31. The van der Waals surface area contributed by atoms with E-state index in [1.807, 2.05) is 36.9 Å². The number of hydrogen-bond donors (Lipinski definition) is 1. The van der Waals surface area contributed by atoms with E-state index >= 15 is 0 Å². The van der Waals surface area contributed by atoms with Crippen molar-refractivity contribution in [2.75, 3.05) is 13.6 Å². The lowest BCUT2D eigenvalue weighted by Crippen LogP contribution is -2.24. The van der Waals surface area contributed by atoms with Gasteiger partial charge in [-0.1, -0.05) is 11.6 Å². The number of halogens is 1. The van der Waals surface area contributed by atoms with Gasteiger partial charge in [-0.3, -0.25) is 4.79 Å². The molecule has 3 heterocycles. The maximum atomic E-state index is 12.1. The zero-order chi connectivity index (χ0) is 18.4. The number of aromatic nitrogens is 3. The molecule has 7 heteroatoms. The number of carbonyl (C=O) groups is 1. The Labute approximate surface area is 156 Å². The van der Waals surface area contributed by atoms with Gasteiger partial charge in [-0.2, -0.15) is 0 Å². The zero-order valence-electron chi connectivity index (χ0n) is 14.6. The highest BCUT2D eigenvalue weighted by atomic mass is 35.5. The molecule has 1 aliphatic rings. The molecule has 1 saturated heterocycles. The van der Waals surface area contributed by atoms with Gasteiger partial charge in [-0.05, 0) is 43.2 Å². The number of aromatic hydroxyl groups is 1. The minimum Gasteiger partial charge on any atom is -0.507 e. The molecule has 1 aliphatic heterocycles. The Bertz CT molecular complexity index is 991. The third kappa shape index (κ3) is 2.80. The lowest BCUT2D eigenvalue weighted by Gasteiger charge is -2.12. The molecule has 2 aromatic heterocycles. The Kier molecular flexibility index (Phi) is 4.07. The number of hydrogen-bond acceptors (Lipinski definition) is 4. The molecule has 1 fully saturated rings. The molecule has 1 amide bonds. The van der Waals surface area contributed by atoms with Gasteiger partial charge in [0, 0.05) is 42.3 Å². The summed E-state index contributed by atoms with van der Waals surface area (Å²) in [6.07, 6.45) is 2.79. The van der Waals surface area contributed by atoms with E-state index in [4.69, 9.17) is 11.6 Å². The molecule has 0 saturated carbocycles. The van der Waals surface area contributed by atoms with Crippen molar-refractivity contribution in [2.24, 2.45) is 5.92 Å². The maximum Gasteiger partial charge on any atom is 0.227 e. The molecule has 26 heavy (non-hydrogen) atoms. The fourth-order valence-corrected chi connectivity index (χ4v) is 3.88. The molecule has 4 rings (SSSR count). The van der Waals surface area contributed by atoms with Gasteiger partial charge in [0.05, 0.1) is 11.6 Å². The summed E-state index contributed by atoms with van der Waals surface area (Å²) in [5, 5.41) is 20.3. The van der Waals surface area contributed by atoms with E-state index in [1.54, 1.807) is 11.0 Å². The third-order valence-electron chi connectivity index (χ3n) is 5.00. The summed E-state index contributed by atoms with van der Waals surface area (Å²) in [5.41, 5.74) is 2.80. The molecule has 0 aliphatic carbocycles. The van der Waals surface area contributed by atoms with Gasteiger partial charge in [-0.15, -0.1) is 10.2 Å². The van der Waals surface area contributed by atoms with Crippen molar-refractivity contribution in [3.8, 4) is 17.0 Å². The van der Waals surface area contributed by atoms with Crippen LogP contribution in [0.2, 0.25) is 5.02 Å². The quantitative estimate of drug-likeness (QED) is 0.768. The number of likely N-dealkylation sites (tertiary alicyclic amines) is 1. The SMILES string of the molecule is Cc1cc(Cl)cc(O)c1-c1cc2ccn(CC3CCN(C)C3=O)c2nn1. The van der Waals surface area contributed by atoms with Gasteiger partial charge in [-0.25, -0.2) is 0 Å². The zero-order valence-corrected chi connectivity index (χ0v) is 15.4. The number of phenolic OH excluding ortho intramolecular Hbond substituents is 1. The molecule has 134 valence electrons. The largest absolute Gasteiger partial charge is 0.507 e. The number of nitrogens with zero attached hydrogens (tertiary/aromatic N) is 4. The average Bonchev–Trinajstić information content (AvgIpc) is 3.12. The van der Waals surface area contributed by atoms with Crippen molar-refractivity contribution < 1.29 is 9.90 Å². The predicted molar refractivity (Wildman–Crippen MR) is 100 cm³/mol. The lowest BCUT2D eigenvalue weighted by atomic mass is 10.0. The third-order valence-corrected chi connectivity index (χ3v) is 5.22. The van der Waals surface area contributed by atoms with Crippen molar-refractivity contribution in [2.45, 2.75) is 19.9 Å². The summed E-state index contributed by atoms with van der Waals surface area (Å²) in [6, 6.07) is 7.15. The molecule has 0 bridgehead atoms. The van der Waals surface area contributed by atoms with Crippen LogP contribution in [0, 0.1) is 12.8 Å². The summed E-state index contributed by atoms with van der Waals surface area (Å²) in [4.78, 5) is 13.9. The van der Waals surface area contributed by atoms with Crippen LogP contribution in [0.4, 0.5) is 0 Å². The van der Waals surface area contributed by atoms with Gasteiger partial charge in [0.1, 0.15) is 5.75 Å². The molecule has 1 atom stereocenters. The first-order chi connectivity index (χ1) is 12.4. The molecule has 6 nitrogen and oxygen atoms in total. The number of rotatable bonds is 3. The van der Waals surface area contributed by atoms with Gasteiger partial charge in [0.25, 0.3) is 0 Å². The minimum absolute atomic E-state index is 0.0142.